The third-order valence-corrected chi connectivity index (χ3v) is 9.98. The molecule has 2 atom stereocenters. The van der Waals surface area contributed by atoms with Crippen LogP contribution in [0, 0.1) is 0 Å². The van der Waals surface area contributed by atoms with Crippen LogP contribution in [0.1, 0.15) is 27.2 Å². The normalized spacial score (nSPS) is 16.1. The number of nitrogens with zero attached hydrogens (tertiary/aromatic N) is 1. The lowest BCUT2D eigenvalue weighted by Gasteiger charge is -2.32. The highest BCUT2D eigenvalue weighted by Gasteiger charge is 2.25. The number of likely N-dealkylation sites (N-methyl/N-ethyl adjacent to an activating group) is 1. The Hall–Kier alpha value is 0.314. The summed E-state index contributed by atoms with van der Waals surface area (Å²) in [6, 6.07) is 4.25. The largest absolute Gasteiger partial charge is 0.389 e. The smallest absolute Gasteiger partial charge is 0.136 e. The average Bonchev–Trinajstić information content (AvgIpc) is 2.39. The van der Waals surface area contributed by atoms with Crippen molar-refractivity contribution in [2.45, 2.75) is 90.4 Å². The Balaban J connectivity index is 4.17. The van der Waals surface area contributed by atoms with Gasteiger partial charge in [0.25, 0.3) is 0 Å². The predicted octanol–water partition coefficient (Wildman–Crippen LogP) is 4.49. The van der Waals surface area contributed by atoms with E-state index in [4.69, 9.17) is 4.74 Å². The number of aliphatic hydroxyl groups excluding tert-OH is 1. The molecule has 0 saturated carbocycles. The Bertz CT molecular complexity index is 287. The molecule has 0 bridgehead atoms. The Labute approximate surface area is 141 Å². The molecule has 0 aromatic heterocycles. The van der Waals surface area contributed by atoms with E-state index in [-0.39, 0.29) is 6.23 Å². The number of rotatable bonds is 12. The van der Waals surface area contributed by atoms with Gasteiger partial charge in [0, 0.05) is 22.8 Å². The molecule has 0 amide bonds. The van der Waals surface area contributed by atoms with Crippen molar-refractivity contribution in [1.82, 2.24) is 4.90 Å². The molecule has 0 saturated heterocycles. The molecule has 134 valence electrons. The molecular weight excluding hydrogens is 306 g/mol. The van der Waals surface area contributed by atoms with Gasteiger partial charge in [0.2, 0.25) is 0 Å². The molecule has 0 aliphatic rings. The quantitative estimate of drug-likeness (QED) is 0.321. The van der Waals surface area contributed by atoms with Gasteiger partial charge in [0.05, 0.1) is 6.10 Å². The standard InChI is InChI=1S/C17H41NO2Si2/c1-9-18(10-2)17(16(3)19)20-12-11-13-22(7,8)15-14-21(4,5)6/h16-17,19H,9-15H2,1-8H3. The fourth-order valence-corrected chi connectivity index (χ4v) is 9.79. The molecule has 0 aromatic rings. The monoisotopic (exact) mass is 347 g/mol. The molecule has 0 radical (unpaired) electrons. The van der Waals surface area contributed by atoms with Gasteiger partial charge >= 0.3 is 0 Å². The van der Waals surface area contributed by atoms with Crippen molar-refractivity contribution >= 4 is 16.1 Å². The predicted molar refractivity (Wildman–Crippen MR) is 104 cm³/mol. The van der Waals surface area contributed by atoms with Gasteiger partial charge in [0.1, 0.15) is 6.23 Å². The maximum absolute atomic E-state index is 9.92. The number of aliphatic hydroxyl groups is 1. The van der Waals surface area contributed by atoms with Crippen molar-refractivity contribution in [3.63, 3.8) is 0 Å². The molecule has 0 aliphatic carbocycles. The maximum atomic E-state index is 9.92. The fraction of sp³-hybridized carbons (Fsp3) is 1.00. The Morgan fingerprint density at radius 2 is 1.50 bits per heavy atom. The fourth-order valence-electron chi connectivity index (χ4n) is 2.73. The molecule has 0 fully saturated rings. The van der Waals surface area contributed by atoms with E-state index in [1.165, 1.54) is 18.1 Å². The van der Waals surface area contributed by atoms with Crippen molar-refractivity contribution in [2.75, 3.05) is 19.7 Å². The van der Waals surface area contributed by atoms with Gasteiger partial charge in [-0.2, -0.15) is 0 Å². The highest BCUT2D eigenvalue weighted by Crippen LogP contribution is 2.24. The van der Waals surface area contributed by atoms with Crippen molar-refractivity contribution in [3.8, 4) is 0 Å². The van der Waals surface area contributed by atoms with Crippen LogP contribution < -0.4 is 0 Å². The van der Waals surface area contributed by atoms with Crippen molar-refractivity contribution in [1.29, 1.82) is 0 Å². The van der Waals surface area contributed by atoms with Gasteiger partial charge < -0.3 is 9.84 Å². The summed E-state index contributed by atoms with van der Waals surface area (Å²) in [4.78, 5) is 2.19. The van der Waals surface area contributed by atoms with Gasteiger partial charge in [-0.1, -0.05) is 64.7 Å². The number of hydrogen-bond donors (Lipinski definition) is 1. The van der Waals surface area contributed by atoms with Crippen LogP contribution in [0.25, 0.3) is 0 Å². The second kappa shape index (κ2) is 10.2. The topological polar surface area (TPSA) is 32.7 Å². The number of hydrogen-bond acceptors (Lipinski definition) is 3. The summed E-state index contributed by atoms with van der Waals surface area (Å²) in [5.74, 6) is 0. The highest BCUT2D eigenvalue weighted by molar-refractivity contribution is 6.82. The third-order valence-electron chi connectivity index (χ3n) is 4.42. The second-order valence-corrected chi connectivity index (χ2v) is 19.5. The maximum Gasteiger partial charge on any atom is 0.136 e. The zero-order valence-corrected chi connectivity index (χ0v) is 18.4. The van der Waals surface area contributed by atoms with Crippen LogP contribution >= 0.6 is 0 Å². The Morgan fingerprint density at radius 3 is 1.91 bits per heavy atom. The first-order valence-corrected chi connectivity index (χ1v) is 16.2. The molecule has 0 aliphatic heterocycles. The summed E-state index contributed by atoms with van der Waals surface area (Å²) in [5, 5.41) is 9.92. The summed E-state index contributed by atoms with van der Waals surface area (Å²) in [6.07, 6.45) is 0.550. The average molecular weight is 348 g/mol. The minimum Gasteiger partial charge on any atom is -0.389 e. The Morgan fingerprint density at radius 1 is 0.955 bits per heavy atom. The SMILES string of the molecule is CCN(CC)C(OCCC[Si](C)(C)CC[Si](C)(C)C)C(C)O. The van der Waals surface area contributed by atoms with Crippen LogP contribution in [0.3, 0.4) is 0 Å². The minimum absolute atomic E-state index is 0.151. The van der Waals surface area contributed by atoms with Crippen molar-refractivity contribution in [3.05, 3.63) is 0 Å². The first-order valence-electron chi connectivity index (χ1n) is 9.06. The molecule has 5 heteroatoms. The summed E-state index contributed by atoms with van der Waals surface area (Å²) in [7, 11) is -1.99. The Kier molecular flexibility index (Phi) is 10.4. The summed E-state index contributed by atoms with van der Waals surface area (Å²) >= 11 is 0. The summed E-state index contributed by atoms with van der Waals surface area (Å²) in [5.41, 5.74) is 0. The molecule has 0 rings (SSSR count). The minimum atomic E-state index is -1.08. The van der Waals surface area contributed by atoms with Gasteiger partial charge in [-0.3, -0.25) is 4.90 Å². The number of ether oxygens (including phenoxy) is 1. The second-order valence-electron chi connectivity index (χ2n) is 8.55. The summed E-state index contributed by atoms with van der Waals surface area (Å²) < 4.78 is 6.00. The highest BCUT2D eigenvalue weighted by atomic mass is 28.3. The van der Waals surface area contributed by atoms with Gasteiger partial charge in [-0.15, -0.1) is 0 Å². The van der Waals surface area contributed by atoms with E-state index in [1.807, 2.05) is 6.92 Å². The zero-order valence-electron chi connectivity index (χ0n) is 16.4. The first kappa shape index (κ1) is 22.3. The van der Waals surface area contributed by atoms with E-state index in [0.29, 0.717) is 0 Å². The van der Waals surface area contributed by atoms with Gasteiger partial charge in [-0.25, -0.2) is 0 Å². The van der Waals surface area contributed by atoms with E-state index in [0.717, 1.165) is 26.1 Å². The van der Waals surface area contributed by atoms with Gasteiger partial charge in [-0.05, 0) is 26.4 Å². The van der Waals surface area contributed by atoms with Crippen LogP contribution in [-0.4, -0.2) is 58.2 Å². The molecule has 1 N–H and O–H groups in total. The van der Waals surface area contributed by atoms with Crippen molar-refractivity contribution < 1.29 is 9.84 Å². The third kappa shape index (κ3) is 10.2. The molecule has 3 nitrogen and oxygen atoms in total. The zero-order chi connectivity index (χ0) is 17.4. The first-order chi connectivity index (χ1) is 10.0. The van der Waals surface area contributed by atoms with Crippen molar-refractivity contribution in [2.24, 2.45) is 0 Å². The van der Waals surface area contributed by atoms with Crippen LogP contribution in [0.4, 0.5) is 0 Å². The van der Waals surface area contributed by atoms with Crippen LogP contribution in [-0.2, 0) is 4.74 Å². The lowest BCUT2D eigenvalue weighted by atomic mass is 10.3. The summed E-state index contributed by atoms with van der Waals surface area (Å²) in [6.45, 7) is 21.1. The lowest BCUT2D eigenvalue weighted by Crippen LogP contribution is -2.44. The molecular formula is C17H41NO2Si2. The van der Waals surface area contributed by atoms with Crippen LogP contribution in [0.2, 0.25) is 50.9 Å². The van der Waals surface area contributed by atoms with Gasteiger partial charge in [0.15, 0.2) is 0 Å². The molecule has 22 heavy (non-hydrogen) atoms. The van der Waals surface area contributed by atoms with E-state index < -0.39 is 22.3 Å². The molecule has 0 aromatic carbocycles. The van der Waals surface area contributed by atoms with E-state index in [2.05, 4.69) is 51.5 Å². The molecule has 0 spiro atoms. The molecule has 0 heterocycles. The lowest BCUT2D eigenvalue weighted by molar-refractivity contribution is -0.116. The van der Waals surface area contributed by atoms with Crippen LogP contribution in [0.5, 0.6) is 0 Å². The van der Waals surface area contributed by atoms with Crippen LogP contribution in [0.15, 0.2) is 0 Å². The molecule has 2 unspecified atom stereocenters. The van der Waals surface area contributed by atoms with E-state index in [1.54, 1.807) is 0 Å². The van der Waals surface area contributed by atoms with E-state index in [9.17, 15) is 5.11 Å². The van der Waals surface area contributed by atoms with E-state index >= 15 is 0 Å².